The van der Waals surface area contributed by atoms with Crippen molar-refractivity contribution in [2.45, 2.75) is 0 Å². The Morgan fingerprint density at radius 3 is 1.96 bits per heavy atom. The molecule has 1 fully saturated rings. The van der Waals surface area contributed by atoms with Crippen LogP contribution in [0.25, 0.3) is 6.08 Å². The van der Waals surface area contributed by atoms with E-state index in [9.17, 15) is 39.7 Å². The first kappa shape index (κ1) is 17.5. The molecule has 1 aliphatic rings. The summed E-state index contributed by atoms with van der Waals surface area (Å²) in [6.45, 7) is 0. The topological polar surface area (TPSA) is 164 Å². The standard InChI is InChI=1S/C13H10N4O8/c1-14-11(19)8(12(20)15(2)13(14)21)4-6-3-7(16(22)23)5-9(10(6)18)17(24)25/h3-5,18H,1-2H3. The lowest BCUT2D eigenvalue weighted by atomic mass is 10.0. The number of amides is 4. The predicted molar refractivity (Wildman–Crippen MR) is 80.3 cm³/mol. The van der Waals surface area contributed by atoms with Crippen molar-refractivity contribution in [2.24, 2.45) is 0 Å². The molecule has 0 unspecified atom stereocenters. The molecule has 4 amide bonds. The average Bonchev–Trinajstić information content (AvgIpc) is 2.55. The van der Waals surface area contributed by atoms with Gasteiger partial charge in [-0.05, 0) is 6.08 Å². The van der Waals surface area contributed by atoms with Gasteiger partial charge in [0.2, 0.25) is 5.75 Å². The minimum atomic E-state index is -1.05. The molecule has 1 N–H and O–H groups in total. The molecule has 1 heterocycles. The molecule has 1 aromatic carbocycles. The fraction of sp³-hybridized carbons (Fsp3) is 0.154. The molecule has 2 rings (SSSR count). The van der Waals surface area contributed by atoms with Crippen LogP contribution in [-0.2, 0) is 9.59 Å². The smallest absolute Gasteiger partial charge is 0.333 e. The van der Waals surface area contributed by atoms with Crippen molar-refractivity contribution in [3.05, 3.63) is 43.5 Å². The maximum absolute atomic E-state index is 12.1. The minimum Gasteiger partial charge on any atom is -0.502 e. The van der Waals surface area contributed by atoms with Crippen LogP contribution >= 0.6 is 0 Å². The second kappa shape index (κ2) is 5.99. The summed E-state index contributed by atoms with van der Waals surface area (Å²) in [5.74, 6) is -2.98. The van der Waals surface area contributed by atoms with Crippen molar-refractivity contribution in [1.29, 1.82) is 0 Å². The Kier molecular flexibility index (Phi) is 4.20. The van der Waals surface area contributed by atoms with E-state index in [1.54, 1.807) is 0 Å². The number of nitro groups is 2. The van der Waals surface area contributed by atoms with Crippen molar-refractivity contribution in [2.75, 3.05) is 14.1 Å². The third-order valence-electron chi connectivity index (χ3n) is 3.46. The quantitative estimate of drug-likeness (QED) is 0.359. The maximum atomic E-state index is 12.1. The van der Waals surface area contributed by atoms with Gasteiger partial charge in [0, 0.05) is 25.7 Å². The van der Waals surface area contributed by atoms with Gasteiger partial charge in [-0.2, -0.15) is 0 Å². The number of imide groups is 2. The van der Waals surface area contributed by atoms with Crippen molar-refractivity contribution in [3.8, 4) is 5.75 Å². The number of benzene rings is 1. The van der Waals surface area contributed by atoms with Crippen LogP contribution in [0.2, 0.25) is 0 Å². The number of nitro benzene ring substituents is 2. The van der Waals surface area contributed by atoms with Gasteiger partial charge < -0.3 is 5.11 Å². The fourth-order valence-electron chi connectivity index (χ4n) is 2.11. The monoisotopic (exact) mass is 350 g/mol. The van der Waals surface area contributed by atoms with Crippen molar-refractivity contribution in [3.63, 3.8) is 0 Å². The Morgan fingerprint density at radius 2 is 1.52 bits per heavy atom. The van der Waals surface area contributed by atoms with Gasteiger partial charge in [-0.25, -0.2) is 4.79 Å². The summed E-state index contributed by atoms with van der Waals surface area (Å²) >= 11 is 0. The Morgan fingerprint density at radius 1 is 1.00 bits per heavy atom. The molecule has 0 bridgehead atoms. The van der Waals surface area contributed by atoms with E-state index < -0.39 is 56.0 Å². The number of phenolic OH excluding ortho intramolecular Hbond substituents is 1. The van der Waals surface area contributed by atoms with Gasteiger partial charge in [0.15, 0.2) is 0 Å². The minimum absolute atomic E-state index is 0.478. The number of urea groups is 1. The zero-order valence-electron chi connectivity index (χ0n) is 12.8. The molecule has 1 aliphatic heterocycles. The first-order chi connectivity index (χ1) is 11.6. The van der Waals surface area contributed by atoms with Crippen LogP contribution in [0.4, 0.5) is 16.2 Å². The number of rotatable bonds is 3. The number of hydrogen-bond acceptors (Lipinski definition) is 8. The van der Waals surface area contributed by atoms with Crippen LogP contribution in [0.15, 0.2) is 17.7 Å². The Labute approximate surface area is 138 Å². The number of hydrogen-bond donors (Lipinski definition) is 1. The average molecular weight is 350 g/mol. The number of likely N-dealkylation sites (N-methyl/N-ethyl adjacent to an activating group) is 2. The zero-order chi connectivity index (χ0) is 19.0. The highest BCUT2D eigenvalue weighted by atomic mass is 16.6. The van der Waals surface area contributed by atoms with Gasteiger partial charge in [0.05, 0.1) is 15.9 Å². The van der Waals surface area contributed by atoms with E-state index in [0.29, 0.717) is 15.9 Å². The number of nitrogens with zero attached hydrogens (tertiary/aromatic N) is 4. The van der Waals surface area contributed by atoms with E-state index in [0.717, 1.165) is 26.2 Å². The number of aromatic hydroxyl groups is 1. The van der Waals surface area contributed by atoms with Crippen molar-refractivity contribution < 1.29 is 29.3 Å². The van der Waals surface area contributed by atoms with Crippen molar-refractivity contribution in [1.82, 2.24) is 9.80 Å². The van der Waals surface area contributed by atoms with E-state index >= 15 is 0 Å². The van der Waals surface area contributed by atoms with Gasteiger partial charge >= 0.3 is 11.7 Å². The molecule has 0 atom stereocenters. The molecule has 0 saturated carbocycles. The lowest BCUT2D eigenvalue weighted by Crippen LogP contribution is -2.52. The first-order valence-electron chi connectivity index (χ1n) is 6.53. The van der Waals surface area contributed by atoms with Crippen LogP contribution < -0.4 is 0 Å². The van der Waals surface area contributed by atoms with Crippen LogP contribution in [0.3, 0.4) is 0 Å². The van der Waals surface area contributed by atoms with Crippen molar-refractivity contribution >= 4 is 35.3 Å². The highest BCUT2D eigenvalue weighted by Crippen LogP contribution is 2.36. The molecule has 0 radical (unpaired) electrons. The SMILES string of the molecule is CN1C(=O)C(=Cc2cc([N+](=O)[O-])cc([N+](=O)[O-])c2O)C(=O)N(C)C1=O. The number of barbiturate groups is 1. The first-order valence-corrected chi connectivity index (χ1v) is 6.53. The third-order valence-corrected chi connectivity index (χ3v) is 3.46. The van der Waals surface area contributed by atoms with Gasteiger partial charge in [-0.15, -0.1) is 0 Å². The Balaban J connectivity index is 2.69. The lowest BCUT2D eigenvalue weighted by Gasteiger charge is -2.28. The van der Waals surface area contributed by atoms with E-state index in [-0.39, 0.29) is 0 Å². The summed E-state index contributed by atoms with van der Waals surface area (Å²) in [5.41, 5.74) is -2.75. The summed E-state index contributed by atoms with van der Waals surface area (Å²) in [6, 6.07) is 0.428. The lowest BCUT2D eigenvalue weighted by molar-refractivity contribution is -0.394. The van der Waals surface area contributed by atoms with Crippen LogP contribution in [0, 0.1) is 20.2 Å². The van der Waals surface area contributed by atoms with E-state index in [2.05, 4.69) is 0 Å². The summed E-state index contributed by atoms with van der Waals surface area (Å²) in [7, 11) is 2.22. The fourth-order valence-corrected chi connectivity index (χ4v) is 2.11. The van der Waals surface area contributed by atoms with Gasteiger partial charge in [-0.1, -0.05) is 0 Å². The Hall–Kier alpha value is -3.83. The zero-order valence-corrected chi connectivity index (χ0v) is 12.8. The second-order valence-electron chi connectivity index (χ2n) is 4.99. The van der Waals surface area contributed by atoms with E-state index in [1.807, 2.05) is 0 Å². The molecule has 1 saturated heterocycles. The Bertz CT molecular complexity index is 849. The second-order valence-corrected chi connectivity index (χ2v) is 4.99. The molecule has 130 valence electrons. The predicted octanol–water partition coefficient (Wildman–Crippen LogP) is 0.642. The van der Waals surface area contributed by atoms with E-state index in [4.69, 9.17) is 0 Å². The summed E-state index contributed by atoms with van der Waals surface area (Å²) in [5, 5.41) is 31.7. The van der Waals surface area contributed by atoms with Crippen LogP contribution in [-0.4, -0.2) is 56.7 Å². The molecule has 25 heavy (non-hydrogen) atoms. The molecular formula is C13H10N4O8. The van der Waals surface area contributed by atoms with Gasteiger partial charge in [-0.3, -0.25) is 39.6 Å². The number of phenols is 1. The summed E-state index contributed by atoms with van der Waals surface area (Å²) in [6.07, 6.45) is 0.763. The van der Waals surface area contributed by atoms with Crippen LogP contribution in [0.5, 0.6) is 5.75 Å². The molecule has 1 aromatic rings. The number of non-ortho nitro benzene ring substituents is 1. The maximum Gasteiger partial charge on any atom is 0.333 e. The molecule has 12 nitrogen and oxygen atoms in total. The van der Waals surface area contributed by atoms with Gasteiger partial charge in [0.1, 0.15) is 5.57 Å². The molecular weight excluding hydrogens is 340 g/mol. The van der Waals surface area contributed by atoms with E-state index in [1.165, 1.54) is 0 Å². The van der Waals surface area contributed by atoms with Gasteiger partial charge in [0.25, 0.3) is 17.5 Å². The highest BCUT2D eigenvalue weighted by Gasteiger charge is 2.38. The number of carbonyl (C=O) groups is 3. The summed E-state index contributed by atoms with van der Waals surface area (Å²) in [4.78, 5) is 56.9. The third kappa shape index (κ3) is 2.87. The highest BCUT2D eigenvalue weighted by molar-refractivity contribution is 6.30. The molecule has 0 aliphatic carbocycles. The molecule has 12 heteroatoms. The molecule has 0 aromatic heterocycles. The summed E-state index contributed by atoms with van der Waals surface area (Å²) < 4.78 is 0. The normalized spacial score (nSPS) is 14.8. The largest absolute Gasteiger partial charge is 0.502 e. The number of carbonyl (C=O) groups excluding carboxylic acids is 3. The molecule has 0 spiro atoms. The van der Waals surface area contributed by atoms with Crippen LogP contribution in [0.1, 0.15) is 5.56 Å².